The molecule has 0 aromatic carbocycles. The van der Waals surface area contributed by atoms with Crippen LogP contribution in [0.25, 0.3) is 0 Å². The summed E-state index contributed by atoms with van der Waals surface area (Å²) in [5, 5.41) is 10.5. The summed E-state index contributed by atoms with van der Waals surface area (Å²) in [6.07, 6.45) is 6.73. The highest BCUT2D eigenvalue weighted by molar-refractivity contribution is 7.90. The van der Waals surface area contributed by atoms with E-state index in [2.05, 4.69) is 30.7 Å². The lowest BCUT2D eigenvalue weighted by atomic mass is 9.96. The summed E-state index contributed by atoms with van der Waals surface area (Å²) in [5.74, 6) is 1.38. The third-order valence-corrected chi connectivity index (χ3v) is 5.42. The third-order valence-electron chi connectivity index (χ3n) is 4.30. The number of nitrogens with zero attached hydrogens (tertiary/aromatic N) is 5. The van der Waals surface area contributed by atoms with Gasteiger partial charge in [-0.05, 0) is 19.4 Å². The monoisotopic (exact) mass is 365 g/mol. The summed E-state index contributed by atoms with van der Waals surface area (Å²) in [4.78, 5) is 13.1. The van der Waals surface area contributed by atoms with Crippen LogP contribution in [0.3, 0.4) is 0 Å². The Morgan fingerprint density at radius 2 is 2.24 bits per heavy atom. The molecule has 0 amide bonds. The van der Waals surface area contributed by atoms with Gasteiger partial charge >= 0.3 is 0 Å². The second-order valence-electron chi connectivity index (χ2n) is 6.24. The second kappa shape index (κ2) is 7.44. The predicted octanol–water partition coefficient (Wildman–Crippen LogP) is 0.130. The highest BCUT2D eigenvalue weighted by atomic mass is 32.2. The molecule has 0 unspecified atom stereocenters. The Labute approximate surface area is 147 Å². The van der Waals surface area contributed by atoms with E-state index < -0.39 is 9.84 Å². The van der Waals surface area contributed by atoms with Gasteiger partial charge in [0.15, 0.2) is 9.84 Å². The van der Waals surface area contributed by atoms with Gasteiger partial charge < -0.3 is 10.6 Å². The quantitative estimate of drug-likeness (QED) is 0.742. The first-order valence-electron chi connectivity index (χ1n) is 8.29. The van der Waals surface area contributed by atoms with Gasteiger partial charge in [-0.3, -0.25) is 4.68 Å². The molecule has 0 radical (unpaired) electrons. The molecule has 3 heterocycles. The summed E-state index contributed by atoms with van der Waals surface area (Å²) in [6.45, 7) is 2.28. The number of nitrogens with one attached hydrogen (secondary N) is 2. The number of aryl methyl sites for hydroxylation is 1. The molecule has 1 fully saturated rings. The Bertz CT molecular complexity index is 828. The summed E-state index contributed by atoms with van der Waals surface area (Å²) in [5.41, 5.74) is 0.603. The fourth-order valence-electron chi connectivity index (χ4n) is 2.97. The van der Waals surface area contributed by atoms with Crippen LogP contribution in [0.2, 0.25) is 0 Å². The average molecular weight is 365 g/mol. The molecule has 136 valence electrons. The van der Waals surface area contributed by atoms with Crippen LogP contribution in [0.5, 0.6) is 0 Å². The lowest BCUT2D eigenvalue weighted by Crippen LogP contribution is -2.30. The maximum atomic E-state index is 12.1. The van der Waals surface area contributed by atoms with Gasteiger partial charge in [-0.25, -0.2) is 23.4 Å². The lowest BCUT2D eigenvalue weighted by molar-refractivity contribution is 0.448. The van der Waals surface area contributed by atoms with Crippen molar-refractivity contribution in [1.29, 1.82) is 0 Å². The first-order valence-corrected chi connectivity index (χ1v) is 10.2. The summed E-state index contributed by atoms with van der Waals surface area (Å²) < 4.78 is 25.9. The Hall–Kier alpha value is -2.07. The maximum absolute atomic E-state index is 12.1. The summed E-state index contributed by atoms with van der Waals surface area (Å²) in [6, 6.07) is 0. The van der Waals surface area contributed by atoms with Gasteiger partial charge in [0.2, 0.25) is 5.95 Å². The Kier molecular flexibility index (Phi) is 5.28. The first-order chi connectivity index (χ1) is 11.9. The lowest BCUT2D eigenvalue weighted by Gasteiger charge is -2.24. The van der Waals surface area contributed by atoms with Gasteiger partial charge in [0.05, 0.1) is 11.9 Å². The van der Waals surface area contributed by atoms with Crippen molar-refractivity contribution < 1.29 is 8.42 Å². The minimum absolute atomic E-state index is 0.0840. The molecular weight excluding hydrogens is 342 g/mol. The largest absolute Gasteiger partial charge is 0.354 e. The van der Waals surface area contributed by atoms with Crippen LogP contribution in [-0.4, -0.2) is 59.0 Å². The van der Waals surface area contributed by atoms with Crippen LogP contribution in [0, 0.1) is 0 Å². The standard InChI is InChI=1S/C15H23N7O2S/c1-22-13(19-10-20-22)5-7-17-15-18-9-12(25(2,23)24)14(21-15)11-4-3-6-16-8-11/h9-11,16H,3-8H2,1-2H3,(H,17,18,21)/t11-/m0/s1. The molecule has 0 saturated carbocycles. The number of hydrogen-bond donors (Lipinski definition) is 2. The zero-order valence-electron chi connectivity index (χ0n) is 14.4. The molecule has 25 heavy (non-hydrogen) atoms. The van der Waals surface area contributed by atoms with E-state index in [-0.39, 0.29) is 10.8 Å². The van der Waals surface area contributed by atoms with Gasteiger partial charge in [0.25, 0.3) is 0 Å². The molecule has 10 heteroatoms. The number of hydrogen-bond acceptors (Lipinski definition) is 8. The Morgan fingerprint density at radius 1 is 1.40 bits per heavy atom. The first kappa shape index (κ1) is 17.7. The number of sulfone groups is 1. The molecule has 2 N–H and O–H groups in total. The van der Waals surface area contributed by atoms with E-state index in [1.54, 1.807) is 4.68 Å². The predicted molar refractivity (Wildman–Crippen MR) is 93.2 cm³/mol. The number of anilines is 1. The SMILES string of the molecule is Cn1ncnc1CCNc1ncc(S(C)(=O)=O)c([C@H]2CCCNC2)n1. The van der Waals surface area contributed by atoms with Crippen molar-refractivity contribution in [1.82, 2.24) is 30.0 Å². The topological polar surface area (TPSA) is 115 Å². The molecule has 1 saturated heterocycles. The van der Waals surface area contributed by atoms with Crippen molar-refractivity contribution in [3.8, 4) is 0 Å². The molecule has 9 nitrogen and oxygen atoms in total. The minimum Gasteiger partial charge on any atom is -0.354 e. The van der Waals surface area contributed by atoms with Crippen LogP contribution in [-0.2, 0) is 23.3 Å². The molecule has 2 aromatic rings. The normalized spacial score (nSPS) is 18.2. The van der Waals surface area contributed by atoms with E-state index in [0.29, 0.717) is 24.6 Å². The Balaban J connectivity index is 1.77. The molecular formula is C15H23N7O2S. The molecule has 0 aliphatic carbocycles. The number of piperidine rings is 1. The average Bonchev–Trinajstić information content (AvgIpc) is 3.00. The van der Waals surface area contributed by atoms with Gasteiger partial charge in [0, 0.05) is 38.7 Å². The van der Waals surface area contributed by atoms with Gasteiger partial charge in [-0.2, -0.15) is 5.10 Å². The van der Waals surface area contributed by atoms with Crippen LogP contribution >= 0.6 is 0 Å². The molecule has 2 aromatic heterocycles. The zero-order valence-corrected chi connectivity index (χ0v) is 15.3. The molecule has 0 spiro atoms. The van der Waals surface area contributed by atoms with E-state index in [1.807, 2.05) is 7.05 Å². The van der Waals surface area contributed by atoms with Crippen LogP contribution in [0.15, 0.2) is 17.4 Å². The van der Waals surface area contributed by atoms with Crippen LogP contribution < -0.4 is 10.6 Å². The van der Waals surface area contributed by atoms with Crippen molar-refractivity contribution in [2.24, 2.45) is 7.05 Å². The van der Waals surface area contributed by atoms with Crippen molar-refractivity contribution in [2.45, 2.75) is 30.1 Å². The molecule has 3 rings (SSSR count). The molecule has 1 aliphatic heterocycles. The van der Waals surface area contributed by atoms with Crippen LogP contribution in [0.1, 0.15) is 30.3 Å². The van der Waals surface area contributed by atoms with Gasteiger partial charge in [-0.15, -0.1) is 0 Å². The minimum atomic E-state index is -3.36. The van der Waals surface area contributed by atoms with E-state index in [4.69, 9.17) is 0 Å². The summed E-state index contributed by atoms with van der Waals surface area (Å²) in [7, 11) is -1.52. The van der Waals surface area contributed by atoms with E-state index in [1.165, 1.54) is 18.8 Å². The fraction of sp³-hybridized carbons (Fsp3) is 0.600. The molecule has 1 atom stereocenters. The van der Waals surface area contributed by atoms with Crippen molar-refractivity contribution in [2.75, 3.05) is 31.2 Å². The van der Waals surface area contributed by atoms with Crippen molar-refractivity contribution >= 4 is 15.8 Å². The zero-order chi connectivity index (χ0) is 17.9. The maximum Gasteiger partial charge on any atom is 0.222 e. The second-order valence-corrected chi connectivity index (χ2v) is 8.22. The summed E-state index contributed by atoms with van der Waals surface area (Å²) >= 11 is 0. The smallest absolute Gasteiger partial charge is 0.222 e. The van der Waals surface area contributed by atoms with E-state index in [9.17, 15) is 8.42 Å². The fourth-order valence-corrected chi connectivity index (χ4v) is 3.80. The number of aromatic nitrogens is 5. The van der Waals surface area contributed by atoms with Gasteiger partial charge in [-0.1, -0.05) is 0 Å². The van der Waals surface area contributed by atoms with Crippen molar-refractivity contribution in [3.63, 3.8) is 0 Å². The molecule has 0 bridgehead atoms. The van der Waals surface area contributed by atoms with Gasteiger partial charge in [0.1, 0.15) is 17.0 Å². The van der Waals surface area contributed by atoms with Crippen LogP contribution in [0.4, 0.5) is 5.95 Å². The van der Waals surface area contributed by atoms with E-state index >= 15 is 0 Å². The molecule has 1 aliphatic rings. The highest BCUT2D eigenvalue weighted by Gasteiger charge is 2.25. The van der Waals surface area contributed by atoms with Crippen molar-refractivity contribution in [3.05, 3.63) is 24.0 Å². The highest BCUT2D eigenvalue weighted by Crippen LogP contribution is 2.27. The number of rotatable bonds is 6. The van der Waals surface area contributed by atoms with E-state index in [0.717, 1.165) is 31.8 Å². The third kappa shape index (κ3) is 4.31. The Morgan fingerprint density at radius 3 is 2.88 bits per heavy atom.